The molecule has 1 aromatic carbocycles. The van der Waals surface area contributed by atoms with Gasteiger partial charge in [-0.15, -0.1) is 0 Å². The SMILES string of the molecule is COC(CN)CC(=O)Nc1ccc(-c2cnc(C)o2)cc1. The number of anilines is 1. The van der Waals surface area contributed by atoms with E-state index in [0.29, 0.717) is 23.9 Å². The molecule has 0 fully saturated rings. The van der Waals surface area contributed by atoms with Gasteiger partial charge in [-0.2, -0.15) is 0 Å². The van der Waals surface area contributed by atoms with Crippen molar-refractivity contribution in [1.29, 1.82) is 0 Å². The molecular formula is C15H19N3O3. The Bertz CT molecular complexity index is 588. The Morgan fingerprint density at radius 1 is 1.43 bits per heavy atom. The van der Waals surface area contributed by atoms with Crippen LogP contribution < -0.4 is 11.1 Å². The molecule has 0 aliphatic carbocycles. The van der Waals surface area contributed by atoms with Crippen LogP contribution in [0.2, 0.25) is 0 Å². The molecule has 6 heteroatoms. The molecule has 0 radical (unpaired) electrons. The molecule has 1 aromatic heterocycles. The minimum absolute atomic E-state index is 0.129. The lowest BCUT2D eigenvalue weighted by molar-refractivity contribution is -0.118. The number of aryl methyl sites for hydroxylation is 1. The number of nitrogens with one attached hydrogen (secondary N) is 1. The minimum Gasteiger partial charge on any atom is -0.441 e. The number of hydrogen-bond acceptors (Lipinski definition) is 5. The van der Waals surface area contributed by atoms with Gasteiger partial charge in [0.05, 0.1) is 18.7 Å². The smallest absolute Gasteiger partial charge is 0.227 e. The fourth-order valence-corrected chi connectivity index (χ4v) is 1.89. The van der Waals surface area contributed by atoms with E-state index in [2.05, 4.69) is 10.3 Å². The molecule has 0 spiro atoms. The van der Waals surface area contributed by atoms with Gasteiger partial charge in [-0.3, -0.25) is 4.79 Å². The molecule has 0 saturated heterocycles. The van der Waals surface area contributed by atoms with E-state index in [4.69, 9.17) is 14.9 Å². The van der Waals surface area contributed by atoms with Crippen molar-refractivity contribution in [3.63, 3.8) is 0 Å². The van der Waals surface area contributed by atoms with Gasteiger partial charge in [0.25, 0.3) is 0 Å². The highest BCUT2D eigenvalue weighted by molar-refractivity contribution is 5.91. The fourth-order valence-electron chi connectivity index (χ4n) is 1.89. The summed E-state index contributed by atoms with van der Waals surface area (Å²) in [6.45, 7) is 2.11. The van der Waals surface area contributed by atoms with E-state index in [9.17, 15) is 4.79 Å². The summed E-state index contributed by atoms with van der Waals surface area (Å²) in [6, 6.07) is 7.36. The van der Waals surface area contributed by atoms with E-state index in [1.807, 2.05) is 24.3 Å². The Hall–Kier alpha value is -2.18. The summed E-state index contributed by atoms with van der Waals surface area (Å²) in [4.78, 5) is 15.9. The first-order valence-electron chi connectivity index (χ1n) is 6.68. The van der Waals surface area contributed by atoms with Gasteiger partial charge in [0.2, 0.25) is 5.91 Å². The van der Waals surface area contributed by atoms with Crippen molar-refractivity contribution in [2.24, 2.45) is 5.73 Å². The van der Waals surface area contributed by atoms with Crippen molar-refractivity contribution in [3.8, 4) is 11.3 Å². The van der Waals surface area contributed by atoms with E-state index in [-0.39, 0.29) is 18.4 Å². The van der Waals surface area contributed by atoms with Crippen LogP contribution in [0.5, 0.6) is 0 Å². The van der Waals surface area contributed by atoms with Gasteiger partial charge in [-0.1, -0.05) is 0 Å². The number of benzene rings is 1. The summed E-state index contributed by atoms with van der Waals surface area (Å²) < 4.78 is 10.5. The Kier molecular flexibility index (Phi) is 5.08. The Morgan fingerprint density at radius 3 is 2.67 bits per heavy atom. The number of amides is 1. The van der Waals surface area contributed by atoms with Gasteiger partial charge in [-0.25, -0.2) is 4.98 Å². The molecule has 1 unspecified atom stereocenters. The Morgan fingerprint density at radius 2 is 2.14 bits per heavy atom. The second-order valence-electron chi connectivity index (χ2n) is 4.67. The topological polar surface area (TPSA) is 90.4 Å². The fraction of sp³-hybridized carbons (Fsp3) is 0.333. The van der Waals surface area contributed by atoms with Crippen molar-refractivity contribution in [2.45, 2.75) is 19.4 Å². The third-order valence-corrected chi connectivity index (χ3v) is 3.08. The Balaban J connectivity index is 1.98. The molecule has 112 valence electrons. The quantitative estimate of drug-likeness (QED) is 0.848. The van der Waals surface area contributed by atoms with Crippen LogP contribution in [0.3, 0.4) is 0 Å². The number of ether oxygens (including phenoxy) is 1. The lowest BCUT2D eigenvalue weighted by Crippen LogP contribution is -2.28. The van der Waals surface area contributed by atoms with Gasteiger partial charge in [-0.05, 0) is 24.3 Å². The molecule has 21 heavy (non-hydrogen) atoms. The van der Waals surface area contributed by atoms with E-state index in [0.717, 1.165) is 5.56 Å². The molecule has 0 aliphatic rings. The molecular weight excluding hydrogens is 270 g/mol. The third kappa shape index (κ3) is 4.14. The largest absolute Gasteiger partial charge is 0.441 e. The monoisotopic (exact) mass is 289 g/mol. The Labute approximate surface area is 123 Å². The van der Waals surface area contributed by atoms with Gasteiger partial charge in [0, 0.05) is 31.8 Å². The standard InChI is InChI=1S/C15H19N3O3/c1-10-17-9-14(21-10)11-3-5-12(6-4-11)18-15(19)7-13(8-16)20-2/h3-6,9,13H,7-8,16H2,1-2H3,(H,18,19). The number of rotatable bonds is 6. The third-order valence-electron chi connectivity index (χ3n) is 3.08. The minimum atomic E-state index is -0.263. The van der Waals surface area contributed by atoms with Crippen LogP contribution in [0, 0.1) is 6.92 Å². The highest BCUT2D eigenvalue weighted by Crippen LogP contribution is 2.22. The van der Waals surface area contributed by atoms with Crippen molar-refractivity contribution in [1.82, 2.24) is 4.98 Å². The number of aromatic nitrogens is 1. The van der Waals surface area contributed by atoms with Gasteiger partial charge in [0.1, 0.15) is 0 Å². The summed E-state index contributed by atoms with van der Waals surface area (Å²) in [5.41, 5.74) is 7.11. The zero-order chi connectivity index (χ0) is 15.2. The molecule has 2 aromatic rings. The lowest BCUT2D eigenvalue weighted by Gasteiger charge is -2.12. The molecule has 0 saturated carbocycles. The van der Waals surface area contributed by atoms with Crippen LogP contribution in [0.15, 0.2) is 34.9 Å². The average Bonchev–Trinajstić information content (AvgIpc) is 2.92. The molecule has 1 atom stereocenters. The van der Waals surface area contributed by atoms with Crippen molar-refractivity contribution >= 4 is 11.6 Å². The van der Waals surface area contributed by atoms with Gasteiger partial charge in [0.15, 0.2) is 11.7 Å². The van der Waals surface area contributed by atoms with Crippen molar-refractivity contribution in [2.75, 3.05) is 19.0 Å². The number of carbonyl (C=O) groups is 1. The maximum atomic E-state index is 11.8. The van der Waals surface area contributed by atoms with Crippen molar-refractivity contribution < 1.29 is 13.9 Å². The number of hydrogen-bond donors (Lipinski definition) is 2. The molecule has 1 amide bonds. The highest BCUT2D eigenvalue weighted by atomic mass is 16.5. The normalized spacial score (nSPS) is 12.1. The number of carbonyl (C=O) groups excluding carboxylic acids is 1. The summed E-state index contributed by atoms with van der Waals surface area (Å²) >= 11 is 0. The average molecular weight is 289 g/mol. The lowest BCUT2D eigenvalue weighted by atomic mass is 10.1. The first-order valence-corrected chi connectivity index (χ1v) is 6.68. The number of methoxy groups -OCH3 is 1. The number of nitrogens with two attached hydrogens (primary N) is 1. The zero-order valence-corrected chi connectivity index (χ0v) is 12.1. The van der Waals surface area contributed by atoms with Crippen LogP contribution in [-0.2, 0) is 9.53 Å². The first kappa shape index (κ1) is 15.2. The molecule has 6 nitrogen and oxygen atoms in total. The van der Waals surface area contributed by atoms with Crippen LogP contribution in [0.25, 0.3) is 11.3 Å². The highest BCUT2D eigenvalue weighted by Gasteiger charge is 2.11. The first-order chi connectivity index (χ1) is 10.1. The molecule has 0 aliphatic heterocycles. The molecule has 1 heterocycles. The summed E-state index contributed by atoms with van der Waals surface area (Å²) in [5.74, 6) is 1.19. The van der Waals surface area contributed by atoms with Crippen molar-refractivity contribution in [3.05, 3.63) is 36.4 Å². The second-order valence-corrected chi connectivity index (χ2v) is 4.67. The molecule has 2 rings (SSSR count). The molecule has 0 bridgehead atoms. The maximum absolute atomic E-state index is 11.8. The summed E-state index contributed by atoms with van der Waals surface area (Å²) in [5, 5.41) is 2.80. The van der Waals surface area contributed by atoms with Crippen LogP contribution in [-0.4, -0.2) is 30.6 Å². The van der Waals surface area contributed by atoms with E-state index < -0.39 is 0 Å². The van der Waals surface area contributed by atoms with E-state index in [1.54, 1.807) is 20.2 Å². The van der Waals surface area contributed by atoms with Gasteiger partial charge < -0.3 is 20.2 Å². The number of nitrogens with zero attached hydrogens (tertiary/aromatic N) is 1. The van der Waals surface area contributed by atoms with Crippen LogP contribution in [0.1, 0.15) is 12.3 Å². The maximum Gasteiger partial charge on any atom is 0.227 e. The van der Waals surface area contributed by atoms with E-state index >= 15 is 0 Å². The van der Waals surface area contributed by atoms with Gasteiger partial charge >= 0.3 is 0 Å². The summed E-state index contributed by atoms with van der Waals surface area (Å²) in [6.07, 6.45) is 1.64. The molecule has 3 N–H and O–H groups in total. The van der Waals surface area contributed by atoms with Crippen LogP contribution in [0.4, 0.5) is 5.69 Å². The predicted octanol–water partition coefficient (Wildman–Crippen LogP) is 1.95. The number of oxazole rings is 1. The van der Waals surface area contributed by atoms with E-state index in [1.165, 1.54) is 0 Å². The second kappa shape index (κ2) is 7.01. The zero-order valence-electron chi connectivity index (χ0n) is 12.1. The summed E-state index contributed by atoms with van der Waals surface area (Å²) in [7, 11) is 1.54. The van der Waals surface area contributed by atoms with Crippen LogP contribution >= 0.6 is 0 Å². The predicted molar refractivity (Wildman–Crippen MR) is 79.8 cm³/mol.